The van der Waals surface area contributed by atoms with Crippen molar-refractivity contribution in [2.24, 2.45) is 11.8 Å². The van der Waals surface area contributed by atoms with Gasteiger partial charge >= 0.3 is 0 Å². The van der Waals surface area contributed by atoms with E-state index in [2.05, 4.69) is 20.2 Å². The van der Waals surface area contributed by atoms with Gasteiger partial charge in [0.15, 0.2) is 0 Å². The lowest BCUT2D eigenvalue weighted by Gasteiger charge is -2.17. The minimum Gasteiger partial charge on any atom is -0.342 e. The standard InChI is InChI=1S/C10H14N4O/c15-9-1-2-12-10(13-9)14-5-7-3-11-4-8(7)6-14/h1-2,7-8,11H,3-6H2,(H,12,13,15). The molecule has 0 aliphatic carbocycles. The van der Waals surface area contributed by atoms with Crippen LogP contribution in [-0.4, -0.2) is 36.1 Å². The summed E-state index contributed by atoms with van der Waals surface area (Å²) in [5, 5.41) is 3.39. The Bertz CT molecular complexity index is 404. The summed E-state index contributed by atoms with van der Waals surface area (Å²) in [6, 6.07) is 1.45. The van der Waals surface area contributed by atoms with E-state index in [0.29, 0.717) is 0 Å². The largest absolute Gasteiger partial charge is 0.342 e. The fraction of sp³-hybridized carbons (Fsp3) is 0.600. The summed E-state index contributed by atoms with van der Waals surface area (Å²) < 4.78 is 0. The number of aromatic nitrogens is 2. The van der Waals surface area contributed by atoms with Crippen molar-refractivity contribution in [2.75, 3.05) is 31.1 Å². The fourth-order valence-corrected chi connectivity index (χ4v) is 2.55. The van der Waals surface area contributed by atoms with Gasteiger partial charge in [-0.05, 0) is 11.8 Å². The van der Waals surface area contributed by atoms with Crippen LogP contribution in [0.1, 0.15) is 0 Å². The highest BCUT2D eigenvalue weighted by molar-refractivity contribution is 5.31. The topological polar surface area (TPSA) is 61.0 Å². The van der Waals surface area contributed by atoms with Crippen molar-refractivity contribution >= 4 is 5.95 Å². The van der Waals surface area contributed by atoms with Crippen molar-refractivity contribution in [2.45, 2.75) is 0 Å². The smallest absolute Gasteiger partial charge is 0.252 e. The van der Waals surface area contributed by atoms with Crippen molar-refractivity contribution in [3.63, 3.8) is 0 Å². The first-order valence-electron chi connectivity index (χ1n) is 5.34. The van der Waals surface area contributed by atoms with E-state index in [4.69, 9.17) is 0 Å². The number of nitrogens with zero attached hydrogens (tertiary/aromatic N) is 2. The summed E-state index contributed by atoms with van der Waals surface area (Å²) in [5.74, 6) is 2.16. The second kappa shape index (κ2) is 3.34. The first-order chi connectivity index (χ1) is 7.33. The van der Waals surface area contributed by atoms with Crippen LogP contribution in [-0.2, 0) is 0 Å². The van der Waals surface area contributed by atoms with Gasteiger partial charge in [0.1, 0.15) is 0 Å². The maximum Gasteiger partial charge on any atom is 0.252 e. The van der Waals surface area contributed by atoms with E-state index < -0.39 is 0 Å². The van der Waals surface area contributed by atoms with Crippen molar-refractivity contribution in [3.8, 4) is 0 Å². The Hall–Kier alpha value is -1.36. The van der Waals surface area contributed by atoms with Crippen LogP contribution in [0.25, 0.3) is 0 Å². The second-order valence-electron chi connectivity index (χ2n) is 4.34. The first kappa shape index (κ1) is 8.91. The zero-order valence-corrected chi connectivity index (χ0v) is 8.44. The van der Waals surface area contributed by atoms with Crippen LogP contribution in [0.15, 0.2) is 17.1 Å². The van der Waals surface area contributed by atoms with Crippen molar-refractivity contribution in [3.05, 3.63) is 22.6 Å². The highest BCUT2D eigenvalue weighted by Crippen LogP contribution is 2.27. The number of hydrogen-bond acceptors (Lipinski definition) is 4. The molecule has 2 N–H and O–H groups in total. The van der Waals surface area contributed by atoms with E-state index in [1.54, 1.807) is 6.20 Å². The molecule has 0 aromatic carbocycles. The Labute approximate surface area is 87.5 Å². The maximum atomic E-state index is 11.2. The molecule has 3 rings (SSSR count). The number of rotatable bonds is 1. The molecule has 2 aliphatic heterocycles. The van der Waals surface area contributed by atoms with Gasteiger partial charge in [0, 0.05) is 38.4 Å². The molecule has 0 spiro atoms. The maximum absolute atomic E-state index is 11.2. The third-order valence-electron chi connectivity index (χ3n) is 3.35. The number of aromatic amines is 1. The minimum absolute atomic E-state index is 0.0739. The Kier molecular flexibility index (Phi) is 1.98. The van der Waals surface area contributed by atoms with Crippen LogP contribution in [0.3, 0.4) is 0 Å². The number of fused-ring (bicyclic) bond motifs is 1. The molecule has 0 bridgehead atoms. The summed E-state index contributed by atoms with van der Waals surface area (Å²) in [6.07, 6.45) is 1.57. The van der Waals surface area contributed by atoms with Gasteiger partial charge in [-0.3, -0.25) is 9.78 Å². The normalized spacial score (nSPS) is 29.5. The Morgan fingerprint density at radius 2 is 2.07 bits per heavy atom. The van der Waals surface area contributed by atoms with Crippen molar-refractivity contribution < 1.29 is 0 Å². The summed E-state index contributed by atoms with van der Waals surface area (Å²) in [7, 11) is 0. The molecule has 1 aromatic heterocycles. The van der Waals surface area contributed by atoms with Crippen molar-refractivity contribution in [1.29, 1.82) is 0 Å². The van der Waals surface area contributed by atoms with Gasteiger partial charge in [-0.25, -0.2) is 4.98 Å². The molecule has 15 heavy (non-hydrogen) atoms. The third-order valence-corrected chi connectivity index (χ3v) is 3.35. The zero-order chi connectivity index (χ0) is 10.3. The minimum atomic E-state index is -0.0739. The predicted molar refractivity (Wildman–Crippen MR) is 56.9 cm³/mol. The highest BCUT2D eigenvalue weighted by atomic mass is 16.1. The lowest BCUT2D eigenvalue weighted by molar-refractivity contribution is 0.533. The number of nitrogens with one attached hydrogen (secondary N) is 2. The van der Waals surface area contributed by atoms with Crippen LogP contribution in [0.4, 0.5) is 5.95 Å². The number of hydrogen-bond donors (Lipinski definition) is 2. The molecule has 5 nitrogen and oxygen atoms in total. The van der Waals surface area contributed by atoms with Gasteiger partial charge in [-0.15, -0.1) is 0 Å². The summed E-state index contributed by atoms with van der Waals surface area (Å²) in [6.45, 7) is 4.20. The van der Waals surface area contributed by atoms with Gasteiger partial charge in [0.2, 0.25) is 5.95 Å². The monoisotopic (exact) mass is 206 g/mol. The molecule has 80 valence electrons. The zero-order valence-electron chi connectivity index (χ0n) is 8.44. The molecule has 2 unspecified atom stereocenters. The molecular weight excluding hydrogens is 192 g/mol. The van der Waals surface area contributed by atoms with Crippen LogP contribution < -0.4 is 15.8 Å². The highest BCUT2D eigenvalue weighted by Gasteiger charge is 2.36. The summed E-state index contributed by atoms with van der Waals surface area (Å²) >= 11 is 0. The number of anilines is 1. The Morgan fingerprint density at radius 1 is 1.33 bits per heavy atom. The number of H-pyrrole nitrogens is 1. The van der Waals surface area contributed by atoms with Crippen LogP contribution in [0.2, 0.25) is 0 Å². The van der Waals surface area contributed by atoms with Crippen molar-refractivity contribution in [1.82, 2.24) is 15.3 Å². The van der Waals surface area contributed by atoms with E-state index in [0.717, 1.165) is 44.0 Å². The molecular formula is C10H14N4O. The molecule has 2 saturated heterocycles. The van der Waals surface area contributed by atoms with Crippen LogP contribution in [0, 0.1) is 11.8 Å². The molecule has 2 atom stereocenters. The van der Waals surface area contributed by atoms with Gasteiger partial charge in [-0.1, -0.05) is 0 Å². The van der Waals surface area contributed by atoms with Crippen LogP contribution >= 0.6 is 0 Å². The van der Waals surface area contributed by atoms with E-state index in [1.165, 1.54) is 6.07 Å². The molecule has 1 aromatic rings. The van der Waals surface area contributed by atoms with E-state index in [-0.39, 0.29) is 5.56 Å². The molecule has 2 fully saturated rings. The Balaban J connectivity index is 1.82. The fourth-order valence-electron chi connectivity index (χ4n) is 2.55. The van der Waals surface area contributed by atoms with E-state index in [1.807, 2.05) is 0 Å². The summed E-state index contributed by atoms with van der Waals surface area (Å²) in [4.78, 5) is 20.3. The Morgan fingerprint density at radius 3 is 2.73 bits per heavy atom. The van der Waals surface area contributed by atoms with Gasteiger partial charge in [-0.2, -0.15) is 0 Å². The van der Waals surface area contributed by atoms with Crippen LogP contribution in [0.5, 0.6) is 0 Å². The van der Waals surface area contributed by atoms with Gasteiger partial charge in [0.05, 0.1) is 0 Å². The quantitative estimate of drug-likeness (QED) is 0.645. The second-order valence-corrected chi connectivity index (χ2v) is 4.34. The molecule has 3 heterocycles. The SMILES string of the molecule is O=c1ccnc(N2CC3CNCC3C2)[nH]1. The lowest BCUT2D eigenvalue weighted by Crippen LogP contribution is -2.28. The molecule has 0 radical (unpaired) electrons. The van der Waals surface area contributed by atoms with E-state index in [9.17, 15) is 4.79 Å². The first-order valence-corrected chi connectivity index (χ1v) is 5.34. The lowest BCUT2D eigenvalue weighted by atomic mass is 10.0. The average Bonchev–Trinajstić information content (AvgIpc) is 2.76. The average molecular weight is 206 g/mol. The molecule has 0 saturated carbocycles. The molecule has 2 aliphatic rings. The molecule has 5 heteroatoms. The third kappa shape index (κ3) is 1.52. The summed E-state index contributed by atoms with van der Waals surface area (Å²) in [5.41, 5.74) is -0.0739. The predicted octanol–water partition coefficient (Wildman–Crippen LogP) is -0.574. The van der Waals surface area contributed by atoms with Gasteiger partial charge in [0.25, 0.3) is 5.56 Å². The van der Waals surface area contributed by atoms with E-state index >= 15 is 0 Å². The van der Waals surface area contributed by atoms with Gasteiger partial charge < -0.3 is 10.2 Å². The molecule has 0 amide bonds.